The topological polar surface area (TPSA) is 16.4 Å². The fourth-order valence-electron chi connectivity index (χ4n) is 7.93. The molecule has 0 N–H and O–H groups in total. The molecule has 1 aromatic heterocycles. The smallest absolute Gasteiger partial charge is 0.136 e. The minimum Gasteiger partial charge on any atom is -0.456 e. The Morgan fingerprint density at radius 1 is 0.304 bits per heavy atom. The van der Waals surface area contributed by atoms with Crippen LogP contribution >= 0.6 is 0 Å². The molecule has 10 rings (SSSR count). The van der Waals surface area contributed by atoms with Crippen molar-refractivity contribution in [3.05, 3.63) is 224 Å². The monoisotopic (exact) mass is 715 g/mol. The molecule has 2 nitrogen and oxygen atoms in total. The highest BCUT2D eigenvalue weighted by Crippen LogP contribution is 2.42. The highest BCUT2D eigenvalue weighted by Gasteiger charge is 2.18. The average molecular weight is 716 g/mol. The van der Waals surface area contributed by atoms with Gasteiger partial charge in [0.2, 0.25) is 0 Å². The first-order valence-corrected chi connectivity index (χ1v) is 19.1. The Morgan fingerprint density at radius 3 is 1.52 bits per heavy atom. The quantitative estimate of drug-likeness (QED) is 0.156. The largest absolute Gasteiger partial charge is 0.456 e. The minimum absolute atomic E-state index is 0.878. The molecule has 1 heterocycles. The second-order valence-corrected chi connectivity index (χ2v) is 14.1. The lowest BCUT2D eigenvalue weighted by Crippen LogP contribution is -2.11. The fourth-order valence-corrected chi connectivity index (χ4v) is 7.93. The Balaban J connectivity index is 1.00. The Hall–Kier alpha value is -7.42. The highest BCUT2D eigenvalue weighted by molar-refractivity contribution is 5.97. The zero-order valence-corrected chi connectivity index (χ0v) is 30.7. The van der Waals surface area contributed by atoms with Crippen LogP contribution in [0.2, 0.25) is 0 Å². The van der Waals surface area contributed by atoms with Gasteiger partial charge in [-0.25, -0.2) is 0 Å². The van der Waals surface area contributed by atoms with Crippen molar-refractivity contribution in [2.45, 2.75) is 0 Å². The molecule has 264 valence electrons. The number of benzene rings is 9. The number of nitrogens with zero attached hydrogens (tertiary/aromatic N) is 1. The van der Waals surface area contributed by atoms with Gasteiger partial charge < -0.3 is 9.32 Å². The minimum atomic E-state index is 0.878. The second kappa shape index (κ2) is 14.4. The molecule has 0 bridgehead atoms. The van der Waals surface area contributed by atoms with Crippen molar-refractivity contribution in [1.29, 1.82) is 0 Å². The van der Waals surface area contributed by atoms with Crippen LogP contribution < -0.4 is 4.90 Å². The average Bonchev–Trinajstić information content (AvgIpc) is 3.72. The summed E-state index contributed by atoms with van der Waals surface area (Å²) in [6.07, 6.45) is 0. The summed E-state index contributed by atoms with van der Waals surface area (Å²) in [7, 11) is 0. The van der Waals surface area contributed by atoms with Crippen molar-refractivity contribution in [2.75, 3.05) is 4.90 Å². The van der Waals surface area contributed by atoms with E-state index in [4.69, 9.17) is 4.42 Å². The van der Waals surface area contributed by atoms with Gasteiger partial charge in [-0.3, -0.25) is 0 Å². The van der Waals surface area contributed by atoms with Crippen LogP contribution in [0.1, 0.15) is 0 Å². The lowest BCUT2D eigenvalue weighted by Gasteiger charge is -2.28. The van der Waals surface area contributed by atoms with E-state index < -0.39 is 0 Å². The Bertz CT molecular complexity index is 2900. The van der Waals surface area contributed by atoms with E-state index in [2.05, 4.69) is 211 Å². The summed E-state index contributed by atoms with van der Waals surface area (Å²) < 4.78 is 6.27. The van der Waals surface area contributed by atoms with E-state index >= 15 is 0 Å². The normalized spacial score (nSPS) is 11.2. The molecule has 2 heteroatoms. The SMILES string of the molecule is c1ccc(-c2ccccc2N(c2ccc(-c3ccc(-c4ccccc4-c4cc5ccccc5o4)cc3)cc2)c2ccc(-c3cccc4ccccc34)cc2)cc1. The van der Waals surface area contributed by atoms with E-state index in [9.17, 15) is 0 Å². The molecule has 9 aromatic carbocycles. The van der Waals surface area contributed by atoms with Gasteiger partial charge in [-0.15, -0.1) is 0 Å². The van der Waals surface area contributed by atoms with Gasteiger partial charge in [0.05, 0.1) is 5.69 Å². The lowest BCUT2D eigenvalue weighted by atomic mass is 9.95. The molecule has 56 heavy (non-hydrogen) atoms. The van der Waals surface area contributed by atoms with Gasteiger partial charge in [0.15, 0.2) is 0 Å². The summed E-state index contributed by atoms with van der Waals surface area (Å²) in [5.41, 5.74) is 14.7. The summed E-state index contributed by atoms with van der Waals surface area (Å²) in [6, 6.07) is 80.0. The molecule has 0 aliphatic heterocycles. The van der Waals surface area contributed by atoms with Crippen LogP contribution in [0.5, 0.6) is 0 Å². The second-order valence-electron chi connectivity index (χ2n) is 14.1. The van der Waals surface area contributed by atoms with Crippen LogP contribution in [0.25, 0.3) is 77.6 Å². The molecule has 0 saturated carbocycles. The van der Waals surface area contributed by atoms with Gasteiger partial charge in [-0.2, -0.15) is 0 Å². The Kier molecular flexibility index (Phi) is 8.55. The van der Waals surface area contributed by atoms with Crippen molar-refractivity contribution < 1.29 is 4.42 Å². The van der Waals surface area contributed by atoms with Crippen molar-refractivity contribution in [3.63, 3.8) is 0 Å². The van der Waals surface area contributed by atoms with Crippen LogP contribution in [0, 0.1) is 0 Å². The van der Waals surface area contributed by atoms with E-state index in [1.54, 1.807) is 0 Å². The first kappa shape index (κ1) is 33.2. The van der Waals surface area contributed by atoms with Crippen molar-refractivity contribution in [2.24, 2.45) is 0 Å². The zero-order valence-electron chi connectivity index (χ0n) is 30.7. The summed E-state index contributed by atoms with van der Waals surface area (Å²) in [5, 5.41) is 3.61. The number of fused-ring (bicyclic) bond motifs is 2. The molecule has 0 spiro atoms. The predicted octanol–water partition coefficient (Wildman–Crippen LogP) is 15.4. The van der Waals surface area contributed by atoms with Gasteiger partial charge in [-0.05, 0) is 92.2 Å². The molecular formula is C54H37NO. The molecule has 0 radical (unpaired) electrons. The first-order chi connectivity index (χ1) is 27.8. The summed E-state index contributed by atoms with van der Waals surface area (Å²) >= 11 is 0. The van der Waals surface area contributed by atoms with E-state index in [0.717, 1.165) is 61.6 Å². The van der Waals surface area contributed by atoms with Gasteiger partial charge in [-0.1, -0.05) is 182 Å². The summed E-state index contributed by atoms with van der Waals surface area (Å²) in [5.74, 6) is 0.878. The number of hydrogen-bond donors (Lipinski definition) is 0. The molecule has 0 saturated heterocycles. The third kappa shape index (κ3) is 6.24. The summed E-state index contributed by atoms with van der Waals surface area (Å²) in [4.78, 5) is 2.37. The maximum atomic E-state index is 6.27. The Morgan fingerprint density at radius 2 is 0.786 bits per heavy atom. The van der Waals surface area contributed by atoms with Crippen molar-refractivity contribution in [3.8, 4) is 55.8 Å². The zero-order chi connectivity index (χ0) is 37.3. The molecule has 10 aromatic rings. The molecule has 0 fully saturated rings. The first-order valence-electron chi connectivity index (χ1n) is 19.1. The molecule has 0 aliphatic rings. The number of para-hydroxylation sites is 2. The Labute approximate surface area is 327 Å². The van der Waals surface area contributed by atoms with E-state index in [0.29, 0.717) is 0 Å². The van der Waals surface area contributed by atoms with Gasteiger partial charge >= 0.3 is 0 Å². The van der Waals surface area contributed by atoms with Crippen molar-refractivity contribution in [1.82, 2.24) is 0 Å². The van der Waals surface area contributed by atoms with Gasteiger partial charge in [0.1, 0.15) is 11.3 Å². The van der Waals surface area contributed by atoms with E-state index in [-0.39, 0.29) is 0 Å². The number of hydrogen-bond acceptors (Lipinski definition) is 2. The predicted molar refractivity (Wildman–Crippen MR) is 236 cm³/mol. The third-order valence-corrected chi connectivity index (χ3v) is 10.7. The highest BCUT2D eigenvalue weighted by atomic mass is 16.3. The fraction of sp³-hybridized carbons (Fsp3) is 0. The van der Waals surface area contributed by atoms with E-state index in [1.807, 2.05) is 18.2 Å². The number of anilines is 3. The van der Waals surface area contributed by atoms with Crippen molar-refractivity contribution >= 4 is 38.8 Å². The molecule has 0 atom stereocenters. The van der Waals surface area contributed by atoms with E-state index in [1.165, 1.54) is 33.0 Å². The van der Waals surface area contributed by atoms with Crippen LogP contribution in [0.15, 0.2) is 229 Å². The molecule has 0 unspecified atom stereocenters. The van der Waals surface area contributed by atoms with Crippen LogP contribution in [-0.4, -0.2) is 0 Å². The lowest BCUT2D eigenvalue weighted by molar-refractivity contribution is 0.632. The van der Waals surface area contributed by atoms with Crippen LogP contribution in [0.3, 0.4) is 0 Å². The maximum Gasteiger partial charge on any atom is 0.136 e. The van der Waals surface area contributed by atoms with Gasteiger partial charge in [0.25, 0.3) is 0 Å². The van der Waals surface area contributed by atoms with Gasteiger partial charge in [0, 0.05) is 27.9 Å². The molecule has 0 aliphatic carbocycles. The molecule has 0 amide bonds. The standard InChI is InChI=1S/C54H37NO/c1-2-13-41(14-3-1)50-20-9-10-23-52(50)55(46-35-31-43(32-36-46)48-22-12-17-40-15-4-6-18-47(40)48)45-33-29-39(30-34-45)38-25-27-42(28-26-38)49-19-7-8-21-51(49)54-37-44-16-5-11-24-53(44)56-54/h1-37H. The molecular weight excluding hydrogens is 679 g/mol. The maximum absolute atomic E-state index is 6.27. The van der Waals surface area contributed by atoms with Crippen LogP contribution in [0.4, 0.5) is 17.1 Å². The summed E-state index contributed by atoms with van der Waals surface area (Å²) in [6.45, 7) is 0. The van der Waals surface area contributed by atoms with Crippen LogP contribution in [-0.2, 0) is 0 Å². The number of rotatable bonds is 8. The third-order valence-electron chi connectivity index (χ3n) is 10.7. The number of furan rings is 1.